The van der Waals surface area contributed by atoms with E-state index in [1.165, 1.54) is 12.3 Å². The van der Waals surface area contributed by atoms with Crippen LogP contribution in [-0.2, 0) is 0 Å². The highest BCUT2D eigenvalue weighted by Crippen LogP contribution is 2.37. The maximum absolute atomic E-state index is 16.5. The molecule has 0 saturated carbocycles. The van der Waals surface area contributed by atoms with Gasteiger partial charge in [0.1, 0.15) is 29.5 Å². The Hall–Kier alpha value is -3.87. The summed E-state index contributed by atoms with van der Waals surface area (Å²) in [6, 6.07) is 8.45. The van der Waals surface area contributed by atoms with E-state index >= 15 is 4.39 Å². The molecule has 2 saturated heterocycles. The van der Waals surface area contributed by atoms with Crippen LogP contribution in [0.25, 0.3) is 32.9 Å². The minimum absolute atomic E-state index is 0.0111. The summed E-state index contributed by atoms with van der Waals surface area (Å²) in [6.45, 7) is 4.14. The first-order valence-corrected chi connectivity index (χ1v) is 13.6. The van der Waals surface area contributed by atoms with Crippen molar-refractivity contribution in [1.82, 2.24) is 19.9 Å². The summed E-state index contributed by atoms with van der Waals surface area (Å²) in [5.41, 5.74) is -0.422. The molecule has 2 aromatic heterocycles. The zero-order chi connectivity index (χ0) is 28.0. The third-order valence-corrected chi connectivity index (χ3v) is 8.09. The highest BCUT2D eigenvalue weighted by atomic mass is 19.1. The van der Waals surface area contributed by atoms with Crippen molar-refractivity contribution in [3.8, 4) is 29.6 Å². The van der Waals surface area contributed by atoms with Crippen LogP contribution in [0.3, 0.4) is 0 Å². The largest absolute Gasteiger partial charge is 0.462 e. The lowest BCUT2D eigenvalue weighted by Crippen LogP contribution is -2.46. The lowest BCUT2D eigenvalue weighted by molar-refractivity contribution is 0.0447. The number of aromatic nitrogens is 3. The van der Waals surface area contributed by atoms with Gasteiger partial charge >= 0.3 is 6.01 Å². The molecule has 2 atom stereocenters. The van der Waals surface area contributed by atoms with Gasteiger partial charge in [0.05, 0.1) is 16.6 Å². The fraction of sp³-hybridized carbons (Fsp3) is 0.387. The van der Waals surface area contributed by atoms with Crippen LogP contribution in [0.15, 0.2) is 36.5 Å². The molecule has 0 amide bonds. The average Bonchev–Trinajstić information content (AvgIpc) is 3.35. The molecule has 2 aliphatic rings. The van der Waals surface area contributed by atoms with Gasteiger partial charge < -0.3 is 19.6 Å². The van der Waals surface area contributed by atoms with E-state index < -0.39 is 17.2 Å². The zero-order valence-electron chi connectivity index (χ0n) is 22.6. The molecule has 9 heteroatoms. The number of anilines is 1. The molecule has 0 spiro atoms. The predicted octanol–water partition coefficient (Wildman–Crippen LogP) is 4.93. The average molecular weight is 544 g/mol. The molecule has 0 radical (unpaired) electrons. The van der Waals surface area contributed by atoms with E-state index in [2.05, 4.69) is 32.8 Å². The summed E-state index contributed by atoms with van der Waals surface area (Å²) in [5, 5.41) is 12.3. The Morgan fingerprint density at radius 2 is 2.02 bits per heavy atom. The minimum atomic E-state index is -0.909. The molecule has 0 aliphatic carbocycles. The summed E-state index contributed by atoms with van der Waals surface area (Å²) in [5.74, 6) is 1.65. The number of likely N-dealkylation sites (tertiary alicyclic amines) is 1. The molecule has 2 aliphatic heterocycles. The van der Waals surface area contributed by atoms with Crippen LogP contribution in [0.1, 0.15) is 38.2 Å². The fourth-order valence-corrected chi connectivity index (χ4v) is 5.97. The fourth-order valence-electron chi connectivity index (χ4n) is 5.97. The zero-order valence-corrected chi connectivity index (χ0v) is 22.6. The van der Waals surface area contributed by atoms with Gasteiger partial charge in [-0.25, -0.2) is 8.78 Å². The van der Waals surface area contributed by atoms with Crippen molar-refractivity contribution in [2.75, 3.05) is 38.2 Å². The standard InChI is InChI=1S/C31H31F2N5O2/c1-4-21-24(32)12-11-19-8-5-10-22(25(19)21)27-26(33)28-23(16-34-27)29(38-15-7-13-31(2,39)18-38)36-30(35-28)40-17-20-9-6-14-37(20)3/h1,5,8,10-12,16,20,39H,6-7,9,13-15,17-18H2,2-3H3/t20-,31+/m0/s1. The van der Waals surface area contributed by atoms with E-state index in [9.17, 15) is 9.50 Å². The summed E-state index contributed by atoms with van der Waals surface area (Å²) < 4.78 is 37.2. The van der Waals surface area contributed by atoms with Crippen molar-refractivity contribution in [3.05, 3.63) is 53.7 Å². The number of fused-ring (bicyclic) bond motifs is 2. The van der Waals surface area contributed by atoms with E-state index in [0.717, 1.165) is 25.8 Å². The first-order valence-electron chi connectivity index (χ1n) is 13.6. The number of hydrogen-bond donors (Lipinski definition) is 1. The van der Waals surface area contributed by atoms with Gasteiger partial charge in [0.15, 0.2) is 5.82 Å². The first-order chi connectivity index (χ1) is 19.3. The number of hydrogen-bond acceptors (Lipinski definition) is 7. The molecular weight excluding hydrogens is 512 g/mol. The summed E-state index contributed by atoms with van der Waals surface area (Å²) in [6.07, 6.45) is 10.7. The Kier molecular flexibility index (Phi) is 6.77. The smallest absolute Gasteiger partial charge is 0.319 e. The van der Waals surface area contributed by atoms with E-state index in [4.69, 9.17) is 11.2 Å². The topological polar surface area (TPSA) is 74.6 Å². The summed E-state index contributed by atoms with van der Waals surface area (Å²) >= 11 is 0. The normalized spacial score (nSPS) is 21.7. The molecule has 206 valence electrons. The van der Waals surface area contributed by atoms with Crippen LogP contribution in [0, 0.1) is 24.0 Å². The van der Waals surface area contributed by atoms with E-state index in [0.29, 0.717) is 53.7 Å². The molecule has 4 aromatic rings. The van der Waals surface area contributed by atoms with Crippen molar-refractivity contribution < 1.29 is 18.6 Å². The third-order valence-electron chi connectivity index (χ3n) is 8.09. The number of likely N-dealkylation sites (N-methyl/N-ethyl adjacent to an activating group) is 1. The Morgan fingerprint density at radius 3 is 2.77 bits per heavy atom. The lowest BCUT2D eigenvalue weighted by atomic mass is 9.95. The van der Waals surface area contributed by atoms with Crippen molar-refractivity contribution >= 4 is 27.5 Å². The van der Waals surface area contributed by atoms with Gasteiger partial charge in [-0.15, -0.1) is 6.42 Å². The quantitative estimate of drug-likeness (QED) is 0.358. The molecule has 7 nitrogen and oxygen atoms in total. The molecule has 2 aromatic carbocycles. The highest BCUT2D eigenvalue weighted by Gasteiger charge is 2.32. The van der Waals surface area contributed by atoms with Gasteiger partial charge in [-0.3, -0.25) is 4.98 Å². The number of halogens is 2. The van der Waals surface area contributed by atoms with Crippen molar-refractivity contribution in [2.45, 2.75) is 44.2 Å². The van der Waals surface area contributed by atoms with Crippen LogP contribution in [0.4, 0.5) is 14.6 Å². The molecule has 4 heterocycles. The maximum Gasteiger partial charge on any atom is 0.319 e. The predicted molar refractivity (Wildman–Crippen MR) is 151 cm³/mol. The van der Waals surface area contributed by atoms with Crippen molar-refractivity contribution in [3.63, 3.8) is 0 Å². The summed E-state index contributed by atoms with van der Waals surface area (Å²) in [7, 11) is 2.05. The van der Waals surface area contributed by atoms with Crippen LogP contribution < -0.4 is 9.64 Å². The molecule has 0 bridgehead atoms. The number of aliphatic hydroxyl groups is 1. The monoisotopic (exact) mass is 543 g/mol. The van der Waals surface area contributed by atoms with Crippen molar-refractivity contribution in [2.24, 2.45) is 0 Å². The van der Waals surface area contributed by atoms with E-state index in [1.807, 2.05) is 4.90 Å². The lowest BCUT2D eigenvalue weighted by Gasteiger charge is -2.37. The van der Waals surface area contributed by atoms with E-state index in [-0.39, 0.29) is 28.8 Å². The van der Waals surface area contributed by atoms with Gasteiger partial charge in [0.2, 0.25) is 0 Å². The Labute approximate surface area is 231 Å². The Balaban J connectivity index is 1.51. The third kappa shape index (κ3) is 4.72. The number of terminal acetylenes is 1. The van der Waals surface area contributed by atoms with Crippen LogP contribution >= 0.6 is 0 Å². The molecule has 1 N–H and O–H groups in total. The maximum atomic E-state index is 16.5. The SMILES string of the molecule is C#Cc1c(F)ccc2cccc(-c3ncc4c(N5CCC[C@@](C)(O)C5)nc(OC[C@@H]5CCCN5C)nc4c3F)c12. The second kappa shape index (κ2) is 10.3. The van der Waals surface area contributed by atoms with Gasteiger partial charge in [-0.2, -0.15) is 9.97 Å². The van der Waals surface area contributed by atoms with Gasteiger partial charge in [-0.1, -0.05) is 30.2 Å². The van der Waals surface area contributed by atoms with Crippen LogP contribution in [0.5, 0.6) is 6.01 Å². The number of nitrogens with zero attached hydrogens (tertiary/aromatic N) is 5. The second-order valence-electron chi connectivity index (χ2n) is 11.1. The highest BCUT2D eigenvalue weighted by molar-refractivity contribution is 6.02. The number of rotatable bonds is 5. The van der Waals surface area contributed by atoms with E-state index in [1.54, 1.807) is 31.2 Å². The van der Waals surface area contributed by atoms with Gasteiger partial charge in [0, 0.05) is 36.3 Å². The minimum Gasteiger partial charge on any atom is -0.462 e. The Bertz CT molecular complexity index is 1650. The second-order valence-corrected chi connectivity index (χ2v) is 11.1. The molecule has 40 heavy (non-hydrogen) atoms. The van der Waals surface area contributed by atoms with Crippen LogP contribution in [0.2, 0.25) is 0 Å². The van der Waals surface area contributed by atoms with Gasteiger partial charge in [0.25, 0.3) is 0 Å². The van der Waals surface area contributed by atoms with Crippen LogP contribution in [-0.4, -0.2) is 69.9 Å². The summed E-state index contributed by atoms with van der Waals surface area (Å²) in [4.78, 5) is 17.9. The number of pyridine rings is 1. The van der Waals surface area contributed by atoms with Gasteiger partial charge in [-0.05, 0) is 57.7 Å². The molecule has 6 rings (SSSR count). The number of piperidine rings is 1. The molecule has 0 unspecified atom stereocenters. The molecule has 2 fully saturated rings. The van der Waals surface area contributed by atoms with Crippen molar-refractivity contribution in [1.29, 1.82) is 0 Å². The first kappa shape index (κ1) is 26.4. The number of β-amino-alcohol motifs (C(OH)–C–C–N with tert-alkyl or cyclic N) is 1. The number of benzene rings is 2. The number of ether oxygens (including phenoxy) is 1. The Morgan fingerprint density at radius 1 is 1.18 bits per heavy atom. The molecular formula is C31H31F2N5O2.